The highest BCUT2D eigenvalue weighted by Gasteiger charge is 2.19. The molecule has 0 bridgehead atoms. The lowest BCUT2D eigenvalue weighted by atomic mass is 10.3. The Morgan fingerprint density at radius 1 is 1.29 bits per heavy atom. The van der Waals surface area contributed by atoms with Crippen molar-refractivity contribution in [2.24, 2.45) is 0 Å². The number of aromatic carboxylic acids is 1. The van der Waals surface area contributed by atoms with Crippen LogP contribution in [0.15, 0.2) is 30.3 Å². The summed E-state index contributed by atoms with van der Waals surface area (Å²) in [6.07, 6.45) is 0. The van der Waals surface area contributed by atoms with E-state index < -0.39 is 11.9 Å². The van der Waals surface area contributed by atoms with E-state index in [4.69, 9.17) is 14.6 Å². The first-order chi connectivity index (χ1) is 10.0. The Labute approximate surface area is 120 Å². The van der Waals surface area contributed by atoms with Gasteiger partial charge in [0.1, 0.15) is 17.2 Å². The second kappa shape index (κ2) is 6.08. The molecule has 2 rings (SSSR count). The SMILES string of the molecule is CCn1nc(C(=O)O)cc1C(=O)Oc1cccc(OC)c1. The molecule has 0 aliphatic heterocycles. The number of hydrogen-bond donors (Lipinski definition) is 1. The average molecular weight is 290 g/mol. The molecule has 0 saturated heterocycles. The van der Waals surface area contributed by atoms with Crippen molar-refractivity contribution >= 4 is 11.9 Å². The predicted molar refractivity (Wildman–Crippen MR) is 72.8 cm³/mol. The maximum absolute atomic E-state index is 12.1. The van der Waals surface area contributed by atoms with E-state index in [2.05, 4.69) is 5.10 Å². The van der Waals surface area contributed by atoms with E-state index in [1.54, 1.807) is 31.2 Å². The van der Waals surface area contributed by atoms with Crippen molar-refractivity contribution in [2.75, 3.05) is 7.11 Å². The molecular weight excluding hydrogens is 276 g/mol. The Morgan fingerprint density at radius 3 is 2.62 bits per heavy atom. The first-order valence-corrected chi connectivity index (χ1v) is 6.22. The molecule has 0 aliphatic carbocycles. The number of rotatable bonds is 5. The van der Waals surface area contributed by atoms with Crippen molar-refractivity contribution < 1.29 is 24.2 Å². The lowest BCUT2D eigenvalue weighted by Gasteiger charge is -2.06. The molecule has 21 heavy (non-hydrogen) atoms. The molecule has 1 heterocycles. The van der Waals surface area contributed by atoms with Gasteiger partial charge in [0.05, 0.1) is 7.11 Å². The van der Waals surface area contributed by atoms with Crippen molar-refractivity contribution in [3.8, 4) is 11.5 Å². The molecule has 0 spiro atoms. The van der Waals surface area contributed by atoms with E-state index >= 15 is 0 Å². The number of carboxylic acid groups (broad SMARTS) is 1. The summed E-state index contributed by atoms with van der Waals surface area (Å²) in [5, 5.41) is 12.7. The quantitative estimate of drug-likeness (QED) is 0.667. The van der Waals surface area contributed by atoms with Gasteiger partial charge in [-0.1, -0.05) is 6.07 Å². The lowest BCUT2D eigenvalue weighted by molar-refractivity contribution is 0.0687. The molecule has 1 N–H and O–H groups in total. The number of hydrogen-bond acceptors (Lipinski definition) is 5. The Hall–Kier alpha value is -2.83. The number of methoxy groups -OCH3 is 1. The van der Waals surface area contributed by atoms with Gasteiger partial charge >= 0.3 is 11.9 Å². The van der Waals surface area contributed by atoms with Crippen LogP contribution in [-0.4, -0.2) is 33.9 Å². The zero-order valence-electron chi connectivity index (χ0n) is 11.6. The summed E-state index contributed by atoms with van der Waals surface area (Å²) in [5.74, 6) is -1.02. The van der Waals surface area contributed by atoms with Gasteiger partial charge in [-0.05, 0) is 19.1 Å². The van der Waals surface area contributed by atoms with Gasteiger partial charge in [-0.3, -0.25) is 4.68 Å². The fourth-order valence-corrected chi connectivity index (χ4v) is 1.75. The number of nitrogens with zero attached hydrogens (tertiary/aromatic N) is 2. The van der Waals surface area contributed by atoms with Gasteiger partial charge in [-0.2, -0.15) is 5.10 Å². The third-order valence-electron chi connectivity index (χ3n) is 2.76. The number of carbonyl (C=O) groups excluding carboxylic acids is 1. The van der Waals surface area contributed by atoms with E-state index in [0.717, 1.165) is 0 Å². The van der Waals surface area contributed by atoms with Crippen LogP contribution in [0.2, 0.25) is 0 Å². The summed E-state index contributed by atoms with van der Waals surface area (Å²) in [6, 6.07) is 7.75. The number of esters is 1. The van der Waals surface area contributed by atoms with Gasteiger partial charge in [0.25, 0.3) is 0 Å². The second-order valence-corrected chi connectivity index (χ2v) is 4.10. The molecule has 0 aliphatic rings. The fraction of sp³-hybridized carbons (Fsp3) is 0.214. The molecule has 0 radical (unpaired) electrons. The maximum atomic E-state index is 12.1. The highest BCUT2D eigenvalue weighted by molar-refractivity contribution is 5.93. The number of ether oxygens (including phenoxy) is 2. The fourth-order valence-electron chi connectivity index (χ4n) is 1.75. The smallest absolute Gasteiger partial charge is 0.362 e. The standard InChI is InChI=1S/C14H14N2O5/c1-3-16-12(8-11(15-16)13(17)18)14(19)21-10-6-4-5-9(7-10)20-2/h4-8H,3H2,1-2H3,(H,17,18). The van der Waals surface area contributed by atoms with E-state index in [1.165, 1.54) is 17.9 Å². The number of benzene rings is 1. The molecule has 2 aromatic rings. The summed E-state index contributed by atoms with van der Waals surface area (Å²) in [6.45, 7) is 2.11. The van der Waals surface area contributed by atoms with Gasteiger partial charge in [0, 0.05) is 18.7 Å². The van der Waals surface area contributed by atoms with Crippen LogP contribution < -0.4 is 9.47 Å². The van der Waals surface area contributed by atoms with Crippen LogP contribution in [0.3, 0.4) is 0 Å². The van der Waals surface area contributed by atoms with Gasteiger partial charge in [0.2, 0.25) is 0 Å². The van der Waals surface area contributed by atoms with E-state index in [9.17, 15) is 9.59 Å². The molecule has 0 fully saturated rings. The Morgan fingerprint density at radius 2 is 2.00 bits per heavy atom. The van der Waals surface area contributed by atoms with Crippen LogP contribution >= 0.6 is 0 Å². The predicted octanol–water partition coefficient (Wildman–Crippen LogP) is 1.83. The zero-order valence-corrected chi connectivity index (χ0v) is 11.6. The minimum absolute atomic E-state index is 0.0812. The van der Waals surface area contributed by atoms with Crippen LogP contribution in [0.1, 0.15) is 27.9 Å². The summed E-state index contributed by atoms with van der Waals surface area (Å²) in [4.78, 5) is 23.0. The largest absolute Gasteiger partial charge is 0.497 e. The van der Waals surface area contributed by atoms with E-state index in [-0.39, 0.29) is 11.4 Å². The highest BCUT2D eigenvalue weighted by Crippen LogP contribution is 2.20. The van der Waals surface area contributed by atoms with Gasteiger partial charge in [0.15, 0.2) is 5.69 Å². The normalized spacial score (nSPS) is 10.2. The topological polar surface area (TPSA) is 90.7 Å². The van der Waals surface area contributed by atoms with Crippen LogP contribution in [-0.2, 0) is 6.54 Å². The van der Waals surface area contributed by atoms with Crippen LogP contribution in [0.25, 0.3) is 0 Å². The Kier molecular flexibility index (Phi) is 4.22. The summed E-state index contributed by atoms with van der Waals surface area (Å²) < 4.78 is 11.5. The summed E-state index contributed by atoms with van der Waals surface area (Å²) >= 11 is 0. The molecule has 0 amide bonds. The Bertz CT molecular complexity index is 678. The molecular formula is C14H14N2O5. The summed E-state index contributed by atoms with van der Waals surface area (Å²) in [5.41, 5.74) is -0.118. The molecule has 1 aromatic carbocycles. The van der Waals surface area contributed by atoms with Crippen molar-refractivity contribution in [2.45, 2.75) is 13.5 Å². The molecule has 1 aromatic heterocycles. The number of carboxylic acids is 1. The van der Waals surface area contributed by atoms with E-state index in [0.29, 0.717) is 18.0 Å². The van der Waals surface area contributed by atoms with Crippen molar-refractivity contribution in [1.29, 1.82) is 0 Å². The maximum Gasteiger partial charge on any atom is 0.362 e. The van der Waals surface area contributed by atoms with Crippen LogP contribution in [0.4, 0.5) is 0 Å². The monoisotopic (exact) mass is 290 g/mol. The summed E-state index contributed by atoms with van der Waals surface area (Å²) in [7, 11) is 1.51. The van der Waals surface area contributed by atoms with Gasteiger partial charge in [-0.25, -0.2) is 9.59 Å². The van der Waals surface area contributed by atoms with Crippen molar-refractivity contribution in [3.05, 3.63) is 41.7 Å². The molecule has 7 heteroatoms. The molecule has 7 nitrogen and oxygen atoms in total. The lowest BCUT2D eigenvalue weighted by Crippen LogP contribution is -2.15. The van der Waals surface area contributed by atoms with Crippen molar-refractivity contribution in [1.82, 2.24) is 9.78 Å². The highest BCUT2D eigenvalue weighted by atomic mass is 16.5. The molecule has 0 atom stereocenters. The third-order valence-corrected chi connectivity index (χ3v) is 2.76. The zero-order chi connectivity index (χ0) is 15.4. The average Bonchev–Trinajstić information content (AvgIpc) is 2.92. The Balaban J connectivity index is 2.25. The first kappa shape index (κ1) is 14.6. The molecule has 0 saturated carbocycles. The van der Waals surface area contributed by atoms with Gasteiger partial charge < -0.3 is 14.6 Å². The van der Waals surface area contributed by atoms with Crippen molar-refractivity contribution in [3.63, 3.8) is 0 Å². The van der Waals surface area contributed by atoms with Crippen LogP contribution in [0, 0.1) is 0 Å². The van der Waals surface area contributed by atoms with Crippen LogP contribution in [0.5, 0.6) is 11.5 Å². The molecule has 0 unspecified atom stereocenters. The first-order valence-electron chi connectivity index (χ1n) is 6.22. The number of aryl methyl sites for hydroxylation is 1. The molecule has 110 valence electrons. The number of aromatic nitrogens is 2. The third kappa shape index (κ3) is 3.19. The van der Waals surface area contributed by atoms with Gasteiger partial charge in [-0.15, -0.1) is 0 Å². The second-order valence-electron chi connectivity index (χ2n) is 4.10. The number of carbonyl (C=O) groups is 2. The van der Waals surface area contributed by atoms with E-state index in [1.807, 2.05) is 0 Å². The minimum atomic E-state index is -1.20. The minimum Gasteiger partial charge on any atom is -0.497 e.